The van der Waals surface area contributed by atoms with Crippen molar-refractivity contribution in [3.8, 4) is 5.75 Å². The largest absolute Gasteiger partial charge is 0.497 e. The first-order chi connectivity index (χ1) is 10.1. The Bertz CT molecular complexity index is 630. The minimum atomic E-state index is -0.425. The van der Waals surface area contributed by atoms with E-state index < -0.39 is 5.54 Å². The number of hydrogen-bond donors (Lipinski definition) is 3. The van der Waals surface area contributed by atoms with Gasteiger partial charge in [-0.1, -0.05) is 18.2 Å². The van der Waals surface area contributed by atoms with Gasteiger partial charge in [-0.05, 0) is 31.4 Å². The summed E-state index contributed by atoms with van der Waals surface area (Å²) < 4.78 is 5.22. The molecule has 1 saturated carbocycles. The number of methoxy groups -OCH3 is 1. The number of rotatable bonds is 4. The fourth-order valence-electron chi connectivity index (χ4n) is 2.89. The quantitative estimate of drug-likeness (QED) is 0.807. The number of aliphatic hydroxyl groups excluding tert-OH is 1. The molecule has 1 aliphatic carbocycles. The van der Waals surface area contributed by atoms with E-state index in [1.54, 1.807) is 18.9 Å². The number of nitrogens with one attached hydrogen (secondary N) is 1. The smallest absolute Gasteiger partial charge is 0.166 e. The molecule has 1 aliphatic rings. The van der Waals surface area contributed by atoms with Crippen LogP contribution in [-0.4, -0.2) is 39.6 Å². The molecular formula is C15H21N3O2S. The van der Waals surface area contributed by atoms with E-state index in [2.05, 4.69) is 9.97 Å². The van der Waals surface area contributed by atoms with Crippen molar-refractivity contribution in [1.29, 1.82) is 0 Å². The van der Waals surface area contributed by atoms with E-state index in [0.717, 1.165) is 47.6 Å². The molecule has 0 saturated heterocycles. The van der Waals surface area contributed by atoms with Gasteiger partial charge >= 0.3 is 0 Å². The minimum Gasteiger partial charge on any atom is -0.497 e. The van der Waals surface area contributed by atoms with Crippen LogP contribution in [0, 0.1) is 0 Å². The number of aromatic amines is 1. The first kappa shape index (κ1) is 14.7. The lowest BCUT2D eigenvalue weighted by Crippen LogP contribution is -2.48. The Morgan fingerprint density at radius 3 is 3.19 bits per heavy atom. The molecule has 0 spiro atoms. The molecular weight excluding hydrogens is 286 g/mol. The van der Waals surface area contributed by atoms with Crippen molar-refractivity contribution >= 4 is 22.8 Å². The van der Waals surface area contributed by atoms with Gasteiger partial charge in [0.05, 0.1) is 24.8 Å². The summed E-state index contributed by atoms with van der Waals surface area (Å²) in [4.78, 5) is 7.94. The highest BCUT2D eigenvalue weighted by molar-refractivity contribution is 7.99. The van der Waals surface area contributed by atoms with Crippen LogP contribution in [0.3, 0.4) is 0 Å². The fourth-order valence-corrected chi connectivity index (χ4v) is 4.22. The summed E-state index contributed by atoms with van der Waals surface area (Å²) >= 11 is 1.72. The number of ether oxygens (including phenoxy) is 1. The van der Waals surface area contributed by atoms with Crippen LogP contribution in [0.5, 0.6) is 5.75 Å². The molecule has 114 valence electrons. The highest BCUT2D eigenvalue weighted by Crippen LogP contribution is 2.36. The van der Waals surface area contributed by atoms with E-state index in [1.807, 2.05) is 18.2 Å². The number of aliphatic hydroxyl groups is 1. The first-order valence-electron chi connectivity index (χ1n) is 7.22. The molecule has 2 atom stereocenters. The molecule has 2 unspecified atom stereocenters. The number of benzene rings is 1. The van der Waals surface area contributed by atoms with Gasteiger partial charge < -0.3 is 20.6 Å². The van der Waals surface area contributed by atoms with Crippen LogP contribution in [-0.2, 0) is 0 Å². The van der Waals surface area contributed by atoms with Crippen molar-refractivity contribution in [2.75, 3.05) is 13.7 Å². The predicted molar refractivity (Wildman–Crippen MR) is 84.8 cm³/mol. The van der Waals surface area contributed by atoms with Crippen molar-refractivity contribution < 1.29 is 9.84 Å². The van der Waals surface area contributed by atoms with Gasteiger partial charge in [0.1, 0.15) is 5.75 Å². The van der Waals surface area contributed by atoms with Gasteiger partial charge in [0, 0.05) is 16.9 Å². The number of thioether (sulfide) groups is 1. The molecule has 0 amide bonds. The third-order valence-corrected chi connectivity index (χ3v) is 5.25. The number of fused-ring (bicyclic) bond motifs is 1. The Hall–Kier alpha value is -1.24. The van der Waals surface area contributed by atoms with Gasteiger partial charge in [0.2, 0.25) is 0 Å². The number of aromatic nitrogens is 2. The average Bonchev–Trinajstić information content (AvgIpc) is 2.88. The second-order valence-corrected chi connectivity index (χ2v) is 7.07. The summed E-state index contributed by atoms with van der Waals surface area (Å²) in [7, 11) is 1.66. The SMILES string of the molecule is COc1ccc2nc(SC3CCCC(N)(CO)C3)[nH]c2c1. The Kier molecular flexibility index (Phi) is 4.10. The van der Waals surface area contributed by atoms with Crippen molar-refractivity contribution in [3.05, 3.63) is 18.2 Å². The molecule has 4 N–H and O–H groups in total. The van der Waals surface area contributed by atoms with Crippen molar-refractivity contribution in [3.63, 3.8) is 0 Å². The fraction of sp³-hybridized carbons (Fsp3) is 0.533. The van der Waals surface area contributed by atoms with E-state index in [1.165, 1.54) is 0 Å². The Labute approximate surface area is 128 Å². The molecule has 3 rings (SSSR count). The van der Waals surface area contributed by atoms with Crippen LogP contribution in [0.25, 0.3) is 11.0 Å². The minimum absolute atomic E-state index is 0.0569. The zero-order valence-corrected chi connectivity index (χ0v) is 12.9. The third-order valence-electron chi connectivity index (χ3n) is 4.10. The molecule has 1 aromatic heterocycles. The summed E-state index contributed by atoms with van der Waals surface area (Å²) in [5.74, 6) is 0.821. The molecule has 21 heavy (non-hydrogen) atoms. The number of hydrogen-bond acceptors (Lipinski definition) is 5. The Balaban J connectivity index is 1.75. The summed E-state index contributed by atoms with van der Waals surface area (Å²) in [6, 6.07) is 5.82. The van der Waals surface area contributed by atoms with Crippen LogP contribution in [0.2, 0.25) is 0 Å². The van der Waals surface area contributed by atoms with Crippen molar-refractivity contribution in [2.24, 2.45) is 5.73 Å². The first-order valence-corrected chi connectivity index (χ1v) is 8.10. The van der Waals surface area contributed by atoms with Crippen LogP contribution < -0.4 is 10.5 Å². The van der Waals surface area contributed by atoms with Gasteiger partial charge in [0.15, 0.2) is 5.16 Å². The normalized spacial score (nSPS) is 26.1. The number of nitrogens with two attached hydrogens (primary N) is 1. The topological polar surface area (TPSA) is 84.2 Å². The van der Waals surface area contributed by atoms with Gasteiger partial charge in [0.25, 0.3) is 0 Å². The highest BCUT2D eigenvalue weighted by atomic mass is 32.2. The summed E-state index contributed by atoms with van der Waals surface area (Å²) in [6.07, 6.45) is 3.90. The van der Waals surface area contributed by atoms with Crippen LogP contribution in [0.1, 0.15) is 25.7 Å². The number of H-pyrrole nitrogens is 1. The van der Waals surface area contributed by atoms with Gasteiger partial charge in [-0.2, -0.15) is 0 Å². The van der Waals surface area contributed by atoms with Crippen LogP contribution >= 0.6 is 11.8 Å². The maximum absolute atomic E-state index is 9.43. The summed E-state index contributed by atoms with van der Waals surface area (Å²) in [6.45, 7) is 0.0569. The molecule has 1 heterocycles. The third kappa shape index (κ3) is 3.17. The molecule has 5 nitrogen and oxygen atoms in total. The van der Waals surface area contributed by atoms with Crippen LogP contribution in [0.15, 0.2) is 23.4 Å². The monoisotopic (exact) mass is 307 g/mol. The zero-order valence-electron chi connectivity index (χ0n) is 12.1. The van der Waals surface area contributed by atoms with E-state index in [0.29, 0.717) is 5.25 Å². The molecule has 1 aromatic carbocycles. The van der Waals surface area contributed by atoms with E-state index in [9.17, 15) is 5.11 Å². The zero-order chi connectivity index (χ0) is 14.9. The maximum Gasteiger partial charge on any atom is 0.166 e. The van der Waals surface area contributed by atoms with Crippen molar-refractivity contribution in [1.82, 2.24) is 9.97 Å². The highest BCUT2D eigenvalue weighted by Gasteiger charge is 2.33. The van der Waals surface area contributed by atoms with E-state index in [-0.39, 0.29) is 6.61 Å². The average molecular weight is 307 g/mol. The number of nitrogens with zero attached hydrogens (tertiary/aromatic N) is 1. The predicted octanol–water partition coefficient (Wildman–Crippen LogP) is 2.30. The summed E-state index contributed by atoms with van der Waals surface area (Å²) in [5, 5.41) is 10.7. The van der Waals surface area contributed by atoms with Crippen molar-refractivity contribution in [2.45, 2.75) is 41.6 Å². The van der Waals surface area contributed by atoms with E-state index in [4.69, 9.17) is 10.5 Å². The molecule has 0 bridgehead atoms. The number of imidazole rings is 1. The lowest BCUT2D eigenvalue weighted by atomic mass is 9.83. The lowest BCUT2D eigenvalue weighted by molar-refractivity contribution is 0.159. The van der Waals surface area contributed by atoms with Gasteiger partial charge in [-0.15, -0.1) is 0 Å². The molecule has 2 aromatic rings. The Morgan fingerprint density at radius 1 is 1.57 bits per heavy atom. The second kappa shape index (κ2) is 5.87. The maximum atomic E-state index is 9.43. The molecule has 0 aliphatic heterocycles. The van der Waals surface area contributed by atoms with E-state index >= 15 is 0 Å². The standard InChI is InChI=1S/C15H21N3O2S/c1-20-10-4-5-12-13(7-10)18-14(17-12)21-11-3-2-6-15(16,8-11)9-19/h4-5,7,11,19H,2-3,6,8-9,16H2,1H3,(H,17,18). The second-order valence-electron chi connectivity index (χ2n) is 5.78. The Morgan fingerprint density at radius 2 is 2.43 bits per heavy atom. The molecule has 1 fully saturated rings. The molecule has 6 heteroatoms. The summed E-state index contributed by atoms with van der Waals surface area (Å²) in [5.41, 5.74) is 7.70. The van der Waals surface area contributed by atoms with Crippen LogP contribution in [0.4, 0.5) is 0 Å². The van der Waals surface area contributed by atoms with Gasteiger partial charge in [-0.25, -0.2) is 4.98 Å². The lowest BCUT2D eigenvalue weighted by Gasteiger charge is -2.35. The van der Waals surface area contributed by atoms with Gasteiger partial charge in [-0.3, -0.25) is 0 Å². The molecule has 0 radical (unpaired) electrons.